The van der Waals surface area contributed by atoms with Gasteiger partial charge in [-0.15, -0.1) is 0 Å². The van der Waals surface area contributed by atoms with Gasteiger partial charge in [-0.2, -0.15) is 0 Å². The van der Waals surface area contributed by atoms with Crippen LogP contribution in [0.1, 0.15) is 5.56 Å². The fourth-order valence-corrected chi connectivity index (χ4v) is 1.45. The molecule has 1 aromatic rings. The number of amides is 1. The molecular formula is C11H14N2O2. The minimum absolute atomic E-state index is 0.0406. The lowest BCUT2D eigenvalue weighted by Gasteiger charge is -2.25. The maximum absolute atomic E-state index is 11.6. The van der Waals surface area contributed by atoms with Gasteiger partial charge in [0.1, 0.15) is 5.75 Å². The Morgan fingerprint density at radius 1 is 1.53 bits per heavy atom. The van der Waals surface area contributed by atoms with Crippen LogP contribution in [0.15, 0.2) is 18.2 Å². The van der Waals surface area contributed by atoms with E-state index in [0.29, 0.717) is 0 Å². The molecule has 1 fully saturated rings. The highest BCUT2D eigenvalue weighted by molar-refractivity contribution is 5.93. The summed E-state index contributed by atoms with van der Waals surface area (Å²) in [7, 11) is 0. The molecule has 0 atom stereocenters. The average Bonchev–Trinajstić information content (AvgIpc) is 2.08. The van der Waals surface area contributed by atoms with Gasteiger partial charge in [0.15, 0.2) is 0 Å². The summed E-state index contributed by atoms with van der Waals surface area (Å²) in [5.74, 6) is 0.372. The van der Waals surface area contributed by atoms with Crippen molar-refractivity contribution in [1.82, 2.24) is 5.32 Å². The Morgan fingerprint density at radius 3 is 2.80 bits per heavy atom. The Bertz CT molecular complexity index is 386. The molecule has 1 saturated heterocycles. The Hall–Kier alpha value is -1.55. The van der Waals surface area contributed by atoms with Crippen LogP contribution in [0.4, 0.5) is 5.69 Å². The van der Waals surface area contributed by atoms with Gasteiger partial charge in [-0.25, -0.2) is 0 Å². The third-order valence-corrected chi connectivity index (χ3v) is 2.62. The highest BCUT2D eigenvalue weighted by Crippen LogP contribution is 2.20. The molecule has 0 bridgehead atoms. The number of rotatable bonds is 2. The topological polar surface area (TPSA) is 61.4 Å². The summed E-state index contributed by atoms with van der Waals surface area (Å²) in [6, 6.07) is 5.05. The van der Waals surface area contributed by atoms with Gasteiger partial charge in [0.05, 0.1) is 5.92 Å². The van der Waals surface area contributed by atoms with Gasteiger partial charge in [-0.1, -0.05) is 0 Å². The van der Waals surface area contributed by atoms with E-state index < -0.39 is 0 Å². The summed E-state index contributed by atoms with van der Waals surface area (Å²) < 4.78 is 0. The molecule has 2 rings (SSSR count). The molecule has 0 spiro atoms. The molecule has 4 nitrogen and oxygen atoms in total. The Labute approximate surface area is 88.3 Å². The van der Waals surface area contributed by atoms with E-state index in [1.54, 1.807) is 25.1 Å². The number of phenols is 1. The first kappa shape index (κ1) is 9.98. The fraction of sp³-hybridized carbons (Fsp3) is 0.364. The summed E-state index contributed by atoms with van der Waals surface area (Å²) in [5, 5.41) is 15.2. The summed E-state index contributed by atoms with van der Waals surface area (Å²) >= 11 is 0. The number of nitrogens with one attached hydrogen (secondary N) is 2. The minimum atomic E-state index is 0.0406. The zero-order valence-electron chi connectivity index (χ0n) is 8.58. The Morgan fingerprint density at radius 2 is 2.27 bits per heavy atom. The van der Waals surface area contributed by atoms with Crippen LogP contribution in [-0.2, 0) is 4.79 Å². The normalized spacial score (nSPS) is 15.8. The number of aromatic hydroxyl groups is 1. The summed E-state index contributed by atoms with van der Waals surface area (Å²) in [6.45, 7) is 3.31. The molecule has 0 aliphatic carbocycles. The van der Waals surface area contributed by atoms with Gasteiger partial charge in [-0.3, -0.25) is 4.79 Å². The summed E-state index contributed by atoms with van der Waals surface area (Å²) in [6.07, 6.45) is 0. The lowest BCUT2D eigenvalue weighted by atomic mass is 10.0. The van der Waals surface area contributed by atoms with E-state index >= 15 is 0 Å². The van der Waals surface area contributed by atoms with E-state index in [4.69, 9.17) is 0 Å². The van der Waals surface area contributed by atoms with Crippen molar-refractivity contribution in [1.29, 1.82) is 0 Å². The van der Waals surface area contributed by atoms with Crippen molar-refractivity contribution in [2.24, 2.45) is 5.92 Å². The van der Waals surface area contributed by atoms with Crippen molar-refractivity contribution in [3.8, 4) is 5.75 Å². The lowest BCUT2D eigenvalue weighted by Crippen LogP contribution is -2.48. The first-order valence-electron chi connectivity index (χ1n) is 4.98. The molecule has 1 amide bonds. The SMILES string of the molecule is Cc1cc(NC(=O)C2CNC2)ccc1O. The number of benzene rings is 1. The molecule has 15 heavy (non-hydrogen) atoms. The predicted molar refractivity (Wildman–Crippen MR) is 57.8 cm³/mol. The van der Waals surface area contributed by atoms with Gasteiger partial charge >= 0.3 is 0 Å². The molecule has 1 aromatic carbocycles. The maximum atomic E-state index is 11.6. The third kappa shape index (κ3) is 2.10. The molecule has 0 unspecified atom stereocenters. The van der Waals surface area contributed by atoms with Crippen LogP contribution in [0.3, 0.4) is 0 Å². The molecular weight excluding hydrogens is 192 g/mol. The molecule has 3 N–H and O–H groups in total. The number of aryl methyl sites for hydroxylation is 1. The largest absolute Gasteiger partial charge is 0.508 e. The van der Waals surface area contributed by atoms with Crippen LogP contribution >= 0.6 is 0 Å². The van der Waals surface area contributed by atoms with Crippen LogP contribution in [-0.4, -0.2) is 24.1 Å². The number of hydrogen-bond acceptors (Lipinski definition) is 3. The van der Waals surface area contributed by atoms with Crippen molar-refractivity contribution in [2.75, 3.05) is 18.4 Å². The number of phenolic OH excluding ortho intramolecular Hbond substituents is 1. The molecule has 1 heterocycles. The number of anilines is 1. The zero-order chi connectivity index (χ0) is 10.8. The van der Waals surface area contributed by atoms with Gasteiger partial charge in [0, 0.05) is 18.8 Å². The van der Waals surface area contributed by atoms with Crippen molar-refractivity contribution in [2.45, 2.75) is 6.92 Å². The van der Waals surface area contributed by atoms with E-state index in [9.17, 15) is 9.90 Å². The van der Waals surface area contributed by atoms with E-state index in [0.717, 1.165) is 24.3 Å². The molecule has 0 saturated carbocycles. The minimum Gasteiger partial charge on any atom is -0.508 e. The Balaban J connectivity index is 2.03. The lowest BCUT2D eigenvalue weighted by molar-refractivity contribution is -0.121. The first-order chi connectivity index (χ1) is 7.16. The standard InChI is InChI=1S/C11H14N2O2/c1-7-4-9(2-3-10(7)14)13-11(15)8-5-12-6-8/h2-4,8,12,14H,5-6H2,1H3,(H,13,15). The van der Waals surface area contributed by atoms with Gasteiger partial charge in [0.25, 0.3) is 0 Å². The second-order valence-electron chi connectivity index (χ2n) is 3.85. The summed E-state index contributed by atoms with van der Waals surface area (Å²) in [4.78, 5) is 11.6. The molecule has 0 aromatic heterocycles. The molecule has 0 radical (unpaired) electrons. The van der Waals surface area contributed by atoms with E-state index in [1.807, 2.05) is 0 Å². The molecule has 4 heteroatoms. The fourth-order valence-electron chi connectivity index (χ4n) is 1.45. The van der Waals surface area contributed by atoms with Crippen LogP contribution in [0.5, 0.6) is 5.75 Å². The number of carbonyl (C=O) groups excluding carboxylic acids is 1. The Kier molecular flexibility index (Phi) is 2.60. The number of hydrogen-bond donors (Lipinski definition) is 3. The quantitative estimate of drug-likeness (QED) is 0.629. The van der Waals surface area contributed by atoms with Crippen molar-refractivity contribution < 1.29 is 9.90 Å². The van der Waals surface area contributed by atoms with Crippen LogP contribution in [0, 0.1) is 12.8 Å². The smallest absolute Gasteiger partial charge is 0.230 e. The van der Waals surface area contributed by atoms with E-state index in [2.05, 4.69) is 10.6 Å². The molecule has 80 valence electrons. The zero-order valence-corrected chi connectivity index (χ0v) is 8.58. The summed E-state index contributed by atoms with van der Waals surface area (Å²) in [5.41, 5.74) is 1.50. The van der Waals surface area contributed by atoms with E-state index in [-0.39, 0.29) is 17.6 Å². The van der Waals surface area contributed by atoms with Gasteiger partial charge < -0.3 is 15.7 Å². The van der Waals surface area contributed by atoms with Gasteiger partial charge in [0.2, 0.25) is 5.91 Å². The van der Waals surface area contributed by atoms with Gasteiger partial charge in [-0.05, 0) is 30.7 Å². The van der Waals surface area contributed by atoms with E-state index in [1.165, 1.54) is 0 Å². The first-order valence-corrected chi connectivity index (χ1v) is 4.98. The average molecular weight is 206 g/mol. The third-order valence-electron chi connectivity index (χ3n) is 2.62. The molecule has 1 aliphatic rings. The highest BCUT2D eigenvalue weighted by atomic mass is 16.3. The maximum Gasteiger partial charge on any atom is 0.230 e. The van der Waals surface area contributed by atoms with Crippen molar-refractivity contribution in [3.63, 3.8) is 0 Å². The highest BCUT2D eigenvalue weighted by Gasteiger charge is 2.24. The van der Waals surface area contributed by atoms with Crippen LogP contribution in [0.2, 0.25) is 0 Å². The number of carbonyl (C=O) groups is 1. The van der Waals surface area contributed by atoms with Crippen LogP contribution in [0.25, 0.3) is 0 Å². The van der Waals surface area contributed by atoms with Crippen molar-refractivity contribution >= 4 is 11.6 Å². The monoisotopic (exact) mass is 206 g/mol. The second-order valence-corrected chi connectivity index (χ2v) is 3.85. The second kappa shape index (κ2) is 3.90. The predicted octanol–water partition coefficient (Wildman–Crippen LogP) is 0.859. The van der Waals surface area contributed by atoms with Crippen LogP contribution < -0.4 is 10.6 Å². The molecule has 1 aliphatic heterocycles. The van der Waals surface area contributed by atoms with Crippen molar-refractivity contribution in [3.05, 3.63) is 23.8 Å².